The highest BCUT2D eigenvalue weighted by molar-refractivity contribution is 5.90. The van der Waals surface area contributed by atoms with Crippen molar-refractivity contribution in [2.45, 2.75) is 26.7 Å². The zero-order valence-electron chi connectivity index (χ0n) is 7.59. The van der Waals surface area contributed by atoms with E-state index in [-0.39, 0.29) is 5.92 Å². The van der Waals surface area contributed by atoms with Crippen molar-refractivity contribution in [3.63, 3.8) is 0 Å². The van der Waals surface area contributed by atoms with Crippen LogP contribution in [0.5, 0.6) is 0 Å². The van der Waals surface area contributed by atoms with Crippen LogP contribution in [0, 0.1) is 28.6 Å². The number of hydrogen-bond acceptors (Lipinski definition) is 2. The Labute approximate surface area is 73.4 Å². The van der Waals surface area contributed by atoms with Gasteiger partial charge >= 0.3 is 0 Å². The Kier molecular flexibility index (Phi) is 2.65. The molecule has 1 aliphatic carbocycles. The van der Waals surface area contributed by atoms with Crippen LogP contribution in [0.2, 0.25) is 0 Å². The van der Waals surface area contributed by atoms with Gasteiger partial charge in [0.25, 0.3) is 0 Å². The first-order chi connectivity index (χ1) is 5.65. The molecule has 12 heavy (non-hydrogen) atoms. The van der Waals surface area contributed by atoms with Gasteiger partial charge in [0.05, 0.1) is 12.0 Å². The molecule has 1 fully saturated rings. The molecule has 64 valence electrons. The van der Waals surface area contributed by atoms with Gasteiger partial charge in [0.15, 0.2) is 0 Å². The van der Waals surface area contributed by atoms with Crippen molar-refractivity contribution < 1.29 is 0 Å². The Hall–Kier alpha value is -1.10. The maximum atomic E-state index is 8.73. The van der Waals surface area contributed by atoms with Gasteiger partial charge in [-0.3, -0.25) is 0 Å². The highest BCUT2D eigenvalue weighted by Crippen LogP contribution is 2.39. The van der Waals surface area contributed by atoms with Gasteiger partial charge in [-0.25, -0.2) is 0 Å². The molecule has 1 unspecified atom stereocenters. The minimum Gasteiger partial charge on any atom is -0.306 e. The van der Waals surface area contributed by atoms with E-state index in [4.69, 9.17) is 10.7 Å². The van der Waals surface area contributed by atoms with Crippen LogP contribution in [0.25, 0.3) is 0 Å². The van der Waals surface area contributed by atoms with Gasteiger partial charge < -0.3 is 5.41 Å². The van der Waals surface area contributed by atoms with E-state index in [1.165, 1.54) is 12.8 Å². The van der Waals surface area contributed by atoms with E-state index >= 15 is 0 Å². The third kappa shape index (κ3) is 2.20. The molecule has 1 atom stereocenters. The Bertz CT molecular complexity index is 254. The largest absolute Gasteiger partial charge is 0.306 e. The molecule has 2 heteroatoms. The first-order valence-corrected chi connectivity index (χ1v) is 4.31. The Morgan fingerprint density at radius 1 is 1.67 bits per heavy atom. The van der Waals surface area contributed by atoms with Crippen LogP contribution in [0.3, 0.4) is 0 Å². The van der Waals surface area contributed by atoms with E-state index in [2.05, 4.69) is 6.07 Å². The lowest BCUT2D eigenvalue weighted by Crippen LogP contribution is -2.00. The molecule has 0 aromatic rings. The van der Waals surface area contributed by atoms with Crippen molar-refractivity contribution in [1.82, 2.24) is 0 Å². The van der Waals surface area contributed by atoms with E-state index in [9.17, 15) is 0 Å². The smallest absolute Gasteiger partial charge is 0.0697 e. The summed E-state index contributed by atoms with van der Waals surface area (Å²) in [6.45, 7) is 3.67. The Morgan fingerprint density at radius 3 is 2.58 bits per heavy atom. The molecule has 0 spiro atoms. The molecule has 0 radical (unpaired) electrons. The highest BCUT2D eigenvalue weighted by Gasteiger charge is 2.28. The molecule has 0 aromatic carbocycles. The molecule has 0 saturated heterocycles. The van der Waals surface area contributed by atoms with Gasteiger partial charge in [-0.15, -0.1) is 0 Å². The molecule has 1 aliphatic rings. The van der Waals surface area contributed by atoms with Gasteiger partial charge in [-0.2, -0.15) is 5.26 Å². The van der Waals surface area contributed by atoms with Crippen LogP contribution in [0.4, 0.5) is 0 Å². The fourth-order valence-electron chi connectivity index (χ4n) is 1.34. The third-order valence-electron chi connectivity index (χ3n) is 2.13. The van der Waals surface area contributed by atoms with Crippen molar-refractivity contribution in [3.05, 3.63) is 11.6 Å². The summed E-state index contributed by atoms with van der Waals surface area (Å²) in [5.41, 5.74) is 1.71. The lowest BCUT2D eigenvalue weighted by atomic mass is 9.97. The molecule has 1 saturated carbocycles. The standard InChI is InChI=1S/C10H14N2/c1-7(6-11)10(5-8(2)12)9-3-4-9/h5,7,9,12H,3-4H2,1-2H3/b10-5+,12-8?. The predicted octanol–water partition coefficient (Wildman–Crippen LogP) is 2.52. The van der Waals surface area contributed by atoms with Gasteiger partial charge in [-0.05, 0) is 44.3 Å². The van der Waals surface area contributed by atoms with Crippen molar-refractivity contribution in [2.24, 2.45) is 11.8 Å². The Balaban J connectivity index is 2.74. The summed E-state index contributed by atoms with van der Waals surface area (Å²) in [6.07, 6.45) is 4.25. The molecular formula is C10H14N2. The van der Waals surface area contributed by atoms with Gasteiger partial charge in [-0.1, -0.05) is 0 Å². The predicted molar refractivity (Wildman–Crippen MR) is 49.0 cm³/mol. The molecule has 2 nitrogen and oxygen atoms in total. The fourth-order valence-corrected chi connectivity index (χ4v) is 1.34. The van der Waals surface area contributed by atoms with E-state index in [0.717, 1.165) is 5.57 Å². The number of nitriles is 1. The summed E-state index contributed by atoms with van der Waals surface area (Å²) in [5.74, 6) is 0.581. The van der Waals surface area contributed by atoms with Crippen LogP contribution in [-0.4, -0.2) is 5.71 Å². The molecule has 0 amide bonds. The van der Waals surface area contributed by atoms with Crippen molar-refractivity contribution in [1.29, 1.82) is 10.7 Å². The second-order valence-corrected chi connectivity index (χ2v) is 3.45. The van der Waals surface area contributed by atoms with Crippen molar-refractivity contribution in [3.8, 4) is 6.07 Å². The number of allylic oxidation sites excluding steroid dienone is 2. The van der Waals surface area contributed by atoms with Crippen LogP contribution < -0.4 is 0 Å². The topological polar surface area (TPSA) is 47.6 Å². The lowest BCUT2D eigenvalue weighted by molar-refractivity contribution is 0.786. The molecule has 1 N–H and O–H groups in total. The number of nitrogens with one attached hydrogen (secondary N) is 1. The number of nitrogens with zero attached hydrogens (tertiary/aromatic N) is 1. The minimum absolute atomic E-state index is 0.0159. The Morgan fingerprint density at radius 2 is 2.25 bits per heavy atom. The van der Waals surface area contributed by atoms with Crippen LogP contribution in [0.1, 0.15) is 26.7 Å². The first-order valence-electron chi connectivity index (χ1n) is 4.31. The van der Waals surface area contributed by atoms with Gasteiger partial charge in [0, 0.05) is 5.71 Å². The number of rotatable bonds is 3. The normalized spacial score (nSPS) is 19.9. The van der Waals surface area contributed by atoms with Gasteiger partial charge in [0.2, 0.25) is 0 Å². The summed E-state index contributed by atoms with van der Waals surface area (Å²) in [4.78, 5) is 0. The van der Waals surface area contributed by atoms with E-state index < -0.39 is 0 Å². The maximum Gasteiger partial charge on any atom is 0.0697 e. The highest BCUT2D eigenvalue weighted by atomic mass is 14.4. The lowest BCUT2D eigenvalue weighted by Gasteiger charge is -2.06. The second-order valence-electron chi connectivity index (χ2n) is 3.45. The molecule has 0 bridgehead atoms. The molecular weight excluding hydrogens is 148 g/mol. The molecule has 0 aromatic heterocycles. The van der Waals surface area contributed by atoms with Crippen LogP contribution in [0.15, 0.2) is 11.6 Å². The summed E-state index contributed by atoms with van der Waals surface area (Å²) in [5, 5.41) is 16.1. The minimum atomic E-state index is -0.0159. The summed E-state index contributed by atoms with van der Waals surface area (Å²) in [7, 11) is 0. The molecule has 0 heterocycles. The average Bonchev–Trinajstić information content (AvgIpc) is 2.81. The quantitative estimate of drug-likeness (QED) is 0.637. The van der Waals surface area contributed by atoms with Gasteiger partial charge in [0.1, 0.15) is 0 Å². The summed E-state index contributed by atoms with van der Waals surface area (Å²) in [6, 6.07) is 2.23. The van der Waals surface area contributed by atoms with E-state index in [1.807, 2.05) is 13.0 Å². The monoisotopic (exact) mass is 162 g/mol. The second kappa shape index (κ2) is 3.53. The van der Waals surface area contributed by atoms with Crippen molar-refractivity contribution >= 4 is 5.71 Å². The molecule has 0 aliphatic heterocycles. The first kappa shape index (κ1) is 8.99. The van der Waals surface area contributed by atoms with E-state index in [1.54, 1.807) is 6.92 Å². The SMILES string of the molecule is CC(=N)/C=C(\C(C)C#N)C1CC1. The van der Waals surface area contributed by atoms with E-state index in [0.29, 0.717) is 11.6 Å². The molecule has 1 rings (SSSR count). The zero-order valence-corrected chi connectivity index (χ0v) is 7.59. The average molecular weight is 162 g/mol. The number of hydrogen-bond donors (Lipinski definition) is 1. The van der Waals surface area contributed by atoms with Crippen LogP contribution >= 0.6 is 0 Å². The summed E-state index contributed by atoms with van der Waals surface area (Å²) < 4.78 is 0. The summed E-state index contributed by atoms with van der Waals surface area (Å²) >= 11 is 0. The third-order valence-corrected chi connectivity index (χ3v) is 2.13. The maximum absolute atomic E-state index is 8.73. The van der Waals surface area contributed by atoms with Crippen LogP contribution in [-0.2, 0) is 0 Å². The van der Waals surface area contributed by atoms with Crippen molar-refractivity contribution in [2.75, 3.05) is 0 Å². The zero-order chi connectivity index (χ0) is 9.14. The fraction of sp³-hybridized carbons (Fsp3) is 0.600.